The Hall–Kier alpha value is -2.41. The summed E-state index contributed by atoms with van der Waals surface area (Å²) in [6.07, 6.45) is 0. The lowest BCUT2D eigenvalue weighted by Gasteiger charge is -2.10. The minimum Gasteiger partial charge on any atom is -0.495 e. The highest BCUT2D eigenvalue weighted by molar-refractivity contribution is 7.91. The molecule has 0 atom stereocenters. The number of nitro benzene ring substituents is 1. The molecule has 0 saturated carbocycles. The molecule has 0 amide bonds. The van der Waals surface area contributed by atoms with Gasteiger partial charge in [-0.05, 0) is 36.8 Å². The van der Waals surface area contributed by atoms with Crippen LogP contribution in [0.1, 0.15) is 5.56 Å². The standard InChI is InChI=1S/C14H13NO5S/c1-10-3-8-13(20-2)14(9-10)21(18,19)12-6-4-11(5-7-12)15(16)17/h3-9H,1-2H3. The van der Waals surface area contributed by atoms with Gasteiger partial charge in [-0.1, -0.05) is 6.07 Å². The number of hydrogen-bond donors (Lipinski definition) is 0. The summed E-state index contributed by atoms with van der Waals surface area (Å²) in [6.45, 7) is 1.77. The molecule has 0 aliphatic carbocycles. The van der Waals surface area contributed by atoms with Crippen LogP contribution in [0.3, 0.4) is 0 Å². The Morgan fingerprint density at radius 1 is 1.10 bits per heavy atom. The average molecular weight is 307 g/mol. The van der Waals surface area contributed by atoms with Crippen LogP contribution in [0.2, 0.25) is 0 Å². The molecule has 0 aromatic heterocycles. The smallest absolute Gasteiger partial charge is 0.269 e. The quantitative estimate of drug-likeness (QED) is 0.640. The van der Waals surface area contributed by atoms with Crippen LogP contribution in [-0.4, -0.2) is 20.5 Å². The van der Waals surface area contributed by atoms with Crippen molar-refractivity contribution in [1.82, 2.24) is 0 Å². The first-order chi connectivity index (χ1) is 9.86. The van der Waals surface area contributed by atoms with E-state index >= 15 is 0 Å². The van der Waals surface area contributed by atoms with Gasteiger partial charge in [-0.2, -0.15) is 0 Å². The van der Waals surface area contributed by atoms with E-state index in [2.05, 4.69) is 0 Å². The zero-order chi connectivity index (χ0) is 15.6. The maximum absolute atomic E-state index is 12.6. The zero-order valence-electron chi connectivity index (χ0n) is 11.4. The first-order valence-electron chi connectivity index (χ1n) is 6.00. The SMILES string of the molecule is COc1ccc(C)cc1S(=O)(=O)c1ccc([N+](=O)[O-])cc1. The van der Waals surface area contributed by atoms with Crippen molar-refractivity contribution < 1.29 is 18.1 Å². The summed E-state index contributed by atoms with van der Waals surface area (Å²) in [5.74, 6) is 0.235. The van der Waals surface area contributed by atoms with Gasteiger partial charge in [0, 0.05) is 12.1 Å². The number of nitro groups is 1. The van der Waals surface area contributed by atoms with Crippen LogP contribution in [0.4, 0.5) is 5.69 Å². The lowest BCUT2D eigenvalue weighted by molar-refractivity contribution is -0.384. The molecule has 7 heteroatoms. The molecule has 2 aromatic carbocycles. The van der Waals surface area contributed by atoms with E-state index in [1.807, 2.05) is 0 Å². The maximum atomic E-state index is 12.6. The van der Waals surface area contributed by atoms with Crippen molar-refractivity contribution >= 4 is 15.5 Å². The highest BCUT2D eigenvalue weighted by atomic mass is 32.2. The minimum absolute atomic E-state index is 0.0167. The Labute approximate surface area is 122 Å². The average Bonchev–Trinajstić information content (AvgIpc) is 2.47. The number of ether oxygens (including phenoxy) is 1. The second kappa shape index (κ2) is 5.53. The lowest BCUT2D eigenvalue weighted by atomic mass is 10.2. The van der Waals surface area contributed by atoms with Crippen LogP contribution in [0.5, 0.6) is 5.75 Å². The topological polar surface area (TPSA) is 86.5 Å². The Kier molecular flexibility index (Phi) is 3.95. The van der Waals surface area contributed by atoms with Crippen LogP contribution in [-0.2, 0) is 9.84 Å². The van der Waals surface area contributed by atoms with Crippen molar-refractivity contribution in [3.63, 3.8) is 0 Å². The monoisotopic (exact) mass is 307 g/mol. The lowest BCUT2D eigenvalue weighted by Crippen LogP contribution is -2.05. The summed E-state index contributed by atoms with van der Waals surface area (Å²) >= 11 is 0. The van der Waals surface area contributed by atoms with Crippen molar-refractivity contribution in [3.05, 3.63) is 58.1 Å². The number of non-ortho nitro benzene ring substituents is 1. The van der Waals surface area contributed by atoms with Gasteiger partial charge in [-0.3, -0.25) is 10.1 Å². The normalized spacial score (nSPS) is 11.1. The Bertz CT molecular complexity index is 782. The number of rotatable bonds is 4. The van der Waals surface area contributed by atoms with Crippen molar-refractivity contribution in [2.24, 2.45) is 0 Å². The van der Waals surface area contributed by atoms with Gasteiger partial charge in [0.25, 0.3) is 5.69 Å². The molecule has 0 radical (unpaired) electrons. The van der Waals surface area contributed by atoms with Crippen molar-refractivity contribution in [2.75, 3.05) is 7.11 Å². The van der Waals surface area contributed by atoms with Crippen molar-refractivity contribution in [2.45, 2.75) is 16.7 Å². The Balaban J connectivity index is 2.56. The van der Waals surface area contributed by atoms with Crippen molar-refractivity contribution in [1.29, 1.82) is 0 Å². The third-order valence-corrected chi connectivity index (χ3v) is 4.76. The van der Waals surface area contributed by atoms with Crippen LogP contribution < -0.4 is 4.74 Å². The summed E-state index contributed by atoms with van der Waals surface area (Å²) in [6, 6.07) is 9.59. The van der Waals surface area contributed by atoms with Gasteiger partial charge >= 0.3 is 0 Å². The zero-order valence-corrected chi connectivity index (χ0v) is 12.3. The van der Waals surface area contributed by atoms with Crippen LogP contribution in [0.15, 0.2) is 52.3 Å². The summed E-state index contributed by atoms with van der Waals surface area (Å²) in [5.41, 5.74) is 0.612. The molecule has 0 spiro atoms. The van der Waals surface area contributed by atoms with Crippen molar-refractivity contribution in [3.8, 4) is 5.75 Å². The molecule has 110 valence electrons. The maximum Gasteiger partial charge on any atom is 0.269 e. The third kappa shape index (κ3) is 2.87. The molecule has 0 unspecified atom stereocenters. The molecule has 6 nitrogen and oxygen atoms in total. The van der Waals surface area contributed by atoms with Crippen LogP contribution >= 0.6 is 0 Å². The van der Waals surface area contributed by atoms with Crippen LogP contribution in [0, 0.1) is 17.0 Å². The van der Waals surface area contributed by atoms with E-state index in [1.165, 1.54) is 25.3 Å². The molecule has 2 rings (SSSR count). The fraction of sp³-hybridized carbons (Fsp3) is 0.143. The highest BCUT2D eigenvalue weighted by Gasteiger charge is 2.23. The van der Waals surface area contributed by atoms with Gasteiger partial charge in [0.05, 0.1) is 16.9 Å². The summed E-state index contributed by atoms with van der Waals surface area (Å²) < 4.78 is 30.3. The number of methoxy groups -OCH3 is 1. The largest absolute Gasteiger partial charge is 0.495 e. The summed E-state index contributed by atoms with van der Waals surface area (Å²) in [7, 11) is -2.41. The number of hydrogen-bond acceptors (Lipinski definition) is 5. The molecule has 0 N–H and O–H groups in total. The van der Waals surface area contributed by atoms with Gasteiger partial charge in [0.15, 0.2) is 0 Å². The molecule has 0 aliphatic rings. The summed E-state index contributed by atoms with van der Waals surface area (Å²) in [5, 5.41) is 10.6. The predicted octanol–water partition coefficient (Wildman–Crippen LogP) is 2.74. The molecule has 0 fully saturated rings. The second-order valence-electron chi connectivity index (χ2n) is 4.41. The summed E-state index contributed by atoms with van der Waals surface area (Å²) in [4.78, 5) is 10.1. The van der Waals surface area contributed by atoms with E-state index < -0.39 is 14.8 Å². The Morgan fingerprint density at radius 3 is 2.24 bits per heavy atom. The first kappa shape index (κ1) is 15.0. The van der Waals surface area contributed by atoms with E-state index in [1.54, 1.807) is 19.1 Å². The minimum atomic E-state index is -3.79. The van der Waals surface area contributed by atoms with E-state index in [0.29, 0.717) is 0 Å². The fourth-order valence-corrected chi connectivity index (χ4v) is 3.37. The van der Waals surface area contributed by atoms with Gasteiger partial charge in [0.1, 0.15) is 10.6 Å². The molecule has 0 bridgehead atoms. The van der Waals surface area contributed by atoms with Gasteiger partial charge < -0.3 is 4.74 Å². The molecule has 21 heavy (non-hydrogen) atoms. The van der Waals surface area contributed by atoms with E-state index in [-0.39, 0.29) is 21.2 Å². The predicted molar refractivity (Wildman–Crippen MR) is 76.3 cm³/mol. The molecular formula is C14H13NO5S. The molecule has 0 saturated heterocycles. The van der Waals surface area contributed by atoms with E-state index in [4.69, 9.17) is 4.74 Å². The highest BCUT2D eigenvalue weighted by Crippen LogP contribution is 2.30. The van der Waals surface area contributed by atoms with Gasteiger partial charge in [-0.15, -0.1) is 0 Å². The van der Waals surface area contributed by atoms with Gasteiger partial charge in [-0.25, -0.2) is 8.42 Å². The number of sulfone groups is 1. The number of aryl methyl sites for hydroxylation is 1. The van der Waals surface area contributed by atoms with E-state index in [0.717, 1.165) is 17.7 Å². The molecule has 2 aromatic rings. The van der Waals surface area contributed by atoms with E-state index in [9.17, 15) is 18.5 Å². The second-order valence-corrected chi connectivity index (χ2v) is 6.33. The molecular weight excluding hydrogens is 294 g/mol. The first-order valence-corrected chi connectivity index (χ1v) is 7.49. The number of benzene rings is 2. The Morgan fingerprint density at radius 2 is 1.71 bits per heavy atom. The van der Waals surface area contributed by atoms with Crippen LogP contribution in [0.25, 0.3) is 0 Å². The molecule has 0 aliphatic heterocycles. The fourth-order valence-electron chi connectivity index (χ4n) is 1.87. The number of nitrogens with zero attached hydrogens (tertiary/aromatic N) is 1. The molecule has 0 heterocycles. The third-order valence-electron chi connectivity index (χ3n) is 2.97. The van der Waals surface area contributed by atoms with Gasteiger partial charge in [0.2, 0.25) is 9.84 Å².